The normalized spacial score (nSPS) is 10.7. The van der Waals surface area contributed by atoms with E-state index in [9.17, 15) is 4.79 Å². The van der Waals surface area contributed by atoms with Crippen LogP contribution in [0.1, 0.15) is 35.3 Å². The molecule has 3 heteroatoms. The molecule has 0 amide bonds. The summed E-state index contributed by atoms with van der Waals surface area (Å²) in [6.45, 7) is 8.67. The fourth-order valence-electron chi connectivity index (χ4n) is 1.68. The number of aryl methyl sites for hydroxylation is 2. The van der Waals surface area contributed by atoms with Crippen LogP contribution in [0.2, 0.25) is 0 Å². The van der Waals surface area contributed by atoms with Gasteiger partial charge in [-0.05, 0) is 37.0 Å². The summed E-state index contributed by atoms with van der Waals surface area (Å²) in [4.78, 5) is 11.8. The summed E-state index contributed by atoms with van der Waals surface area (Å²) in [6, 6.07) is 3.86. The maximum Gasteiger partial charge on any atom is 0.181 e. The number of alkyl halides is 1. The van der Waals surface area contributed by atoms with Crippen molar-refractivity contribution in [2.45, 2.75) is 27.7 Å². The van der Waals surface area contributed by atoms with Gasteiger partial charge in [0.05, 0.1) is 18.1 Å². The Kier molecular flexibility index (Phi) is 5.01. The van der Waals surface area contributed by atoms with Gasteiger partial charge in [-0.15, -0.1) is 11.6 Å². The zero-order valence-electron chi connectivity index (χ0n) is 10.8. The number of carbonyl (C=O) groups is 1. The van der Waals surface area contributed by atoms with Crippen LogP contribution >= 0.6 is 11.6 Å². The van der Waals surface area contributed by atoms with Crippen molar-refractivity contribution >= 4 is 17.4 Å². The van der Waals surface area contributed by atoms with Crippen LogP contribution in [0, 0.1) is 19.8 Å². The van der Waals surface area contributed by atoms with E-state index in [1.165, 1.54) is 0 Å². The van der Waals surface area contributed by atoms with E-state index >= 15 is 0 Å². The highest BCUT2D eigenvalue weighted by Crippen LogP contribution is 2.26. The average molecular weight is 255 g/mol. The Morgan fingerprint density at radius 2 is 2.00 bits per heavy atom. The molecule has 0 unspecified atom stereocenters. The van der Waals surface area contributed by atoms with E-state index in [-0.39, 0.29) is 11.7 Å². The maximum atomic E-state index is 11.8. The molecule has 0 heterocycles. The van der Waals surface area contributed by atoms with Crippen LogP contribution in [0.4, 0.5) is 0 Å². The minimum Gasteiger partial charge on any atom is -0.492 e. The van der Waals surface area contributed by atoms with Crippen LogP contribution in [0.3, 0.4) is 0 Å². The standard InChI is InChI=1S/C14H19ClO2/c1-9(2)8-17-14-11(4)5-10(3)6-12(14)13(16)7-15/h5-6,9H,7-8H2,1-4H3. The number of hydrogen-bond acceptors (Lipinski definition) is 2. The first kappa shape index (κ1) is 14.0. The Hall–Kier alpha value is -1.02. The van der Waals surface area contributed by atoms with Gasteiger partial charge in [0.25, 0.3) is 0 Å². The molecule has 17 heavy (non-hydrogen) atoms. The first-order chi connectivity index (χ1) is 7.95. The molecule has 0 radical (unpaired) electrons. The predicted molar refractivity (Wildman–Crippen MR) is 71.3 cm³/mol. The molecule has 94 valence electrons. The van der Waals surface area contributed by atoms with Crippen molar-refractivity contribution in [3.63, 3.8) is 0 Å². The lowest BCUT2D eigenvalue weighted by Crippen LogP contribution is -2.11. The summed E-state index contributed by atoms with van der Waals surface area (Å²) in [5, 5.41) is 0. The third kappa shape index (κ3) is 3.74. The highest BCUT2D eigenvalue weighted by molar-refractivity contribution is 6.30. The van der Waals surface area contributed by atoms with Crippen LogP contribution in [-0.2, 0) is 0 Å². The fraction of sp³-hybridized carbons (Fsp3) is 0.500. The van der Waals surface area contributed by atoms with Crippen LogP contribution < -0.4 is 4.74 Å². The number of carbonyl (C=O) groups excluding carboxylic acids is 1. The van der Waals surface area contributed by atoms with E-state index < -0.39 is 0 Å². The maximum absolute atomic E-state index is 11.8. The van der Waals surface area contributed by atoms with Gasteiger partial charge in [0.15, 0.2) is 5.78 Å². The molecule has 0 aromatic heterocycles. The second-order valence-corrected chi connectivity index (χ2v) is 4.99. The monoisotopic (exact) mass is 254 g/mol. The van der Waals surface area contributed by atoms with Gasteiger partial charge in [-0.25, -0.2) is 0 Å². The van der Waals surface area contributed by atoms with Crippen LogP contribution in [0.15, 0.2) is 12.1 Å². The van der Waals surface area contributed by atoms with Gasteiger partial charge in [-0.2, -0.15) is 0 Å². The number of hydrogen-bond donors (Lipinski definition) is 0. The number of benzene rings is 1. The van der Waals surface area contributed by atoms with Crippen molar-refractivity contribution in [3.8, 4) is 5.75 Å². The molecule has 2 nitrogen and oxygen atoms in total. The lowest BCUT2D eigenvalue weighted by atomic mass is 10.0. The number of halogens is 1. The highest BCUT2D eigenvalue weighted by Gasteiger charge is 2.15. The Bertz CT molecular complexity index is 411. The highest BCUT2D eigenvalue weighted by atomic mass is 35.5. The molecule has 0 saturated heterocycles. The molecular formula is C14H19ClO2. The van der Waals surface area contributed by atoms with Gasteiger partial charge in [0, 0.05) is 0 Å². The van der Waals surface area contributed by atoms with Crippen LogP contribution in [-0.4, -0.2) is 18.3 Å². The zero-order valence-corrected chi connectivity index (χ0v) is 11.6. The Labute approximate surface area is 108 Å². The molecule has 1 aromatic carbocycles. The van der Waals surface area contributed by atoms with E-state index in [1.807, 2.05) is 26.0 Å². The molecular weight excluding hydrogens is 236 g/mol. The topological polar surface area (TPSA) is 26.3 Å². The van der Waals surface area contributed by atoms with E-state index in [1.54, 1.807) is 0 Å². The van der Waals surface area contributed by atoms with E-state index in [2.05, 4.69) is 13.8 Å². The number of Topliss-reactive ketones (excluding diaryl/α,β-unsaturated/α-hetero) is 1. The fourth-order valence-corrected chi connectivity index (χ4v) is 1.82. The number of ketones is 1. The minimum absolute atomic E-state index is 0.0130. The minimum atomic E-state index is -0.0859. The average Bonchev–Trinajstić information content (AvgIpc) is 2.25. The van der Waals surface area contributed by atoms with Crippen molar-refractivity contribution in [2.75, 3.05) is 12.5 Å². The second-order valence-electron chi connectivity index (χ2n) is 4.72. The SMILES string of the molecule is Cc1cc(C)c(OCC(C)C)c(C(=O)CCl)c1. The number of ether oxygens (including phenoxy) is 1. The molecule has 1 rings (SSSR count). The first-order valence-corrected chi connectivity index (χ1v) is 6.32. The Balaban J connectivity index is 3.11. The van der Waals surface area contributed by atoms with E-state index in [0.29, 0.717) is 23.8 Å². The summed E-state index contributed by atoms with van der Waals surface area (Å²) in [5.74, 6) is 1.00. The molecule has 0 aliphatic heterocycles. The molecule has 0 saturated carbocycles. The number of rotatable bonds is 5. The quantitative estimate of drug-likeness (QED) is 0.591. The van der Waals surface area contributed by atoms with Crippen molar-refractivity contribution < 1.29 is 9.53 Å². The summed E-state index contributed by atoms with van der Waals surface area (Å²) < 4.78 is 5.73. The molecule has 0 spiro atoms. The zero-order chi connectivity index (χ0) is 13.0. The Morgan fingerprint density at radius 1 is 1.35 bits per heavy atom. The Morgan fingerprint density at radius 3 is 2.53 bits per heavy atom. The summed E-state index contributed by atoms with van der Waals surface area (Å²) in [7, 11) is 0. The van der Waals surface area contributed by atoms with Crippen molar-refractivity contribution in [1.82, 2.24) is 0 Å². The third-order valence-electron chi connectivity index (χ3n) is 2.40. The van der Waals surface area contributed by atoms with Gasteiger partial charge in [0.2, 0.25) is 0 Å². The van der Waals surface area contributed by atoms with E-state index in [4.69, 9.17) is 16.3 Å². The molecule has 0 atom stereocenters. The summed E-state index contributed by atoms with van der Waals surface area (Å²) >= 11 is 5.62. The van der Waals surface area contributed by atoms with Gasteiger partial charge in [0.1, 0.15) is 5.75 Å². The van der Waals surface area contributed by atoms with Crippen molar-refractivity contribution in [3.05, 3.63) is 28.8 Å². The van der Waals surface area contributed by atoms with Crippen molar-refractivity contribution in [2.24, 2.45) is 5.92 Å². The van der Waals surface area contributed by atoms with Crippen molar-refractivity contribution in [1.29, 1.82) is 0 Å². The molecule has 0 bridgehead atoms. The molecule has 0 N–H and O–H groups in total. The van der Waals surface area contributed by atoms with Gasteiger partial charge in [-0.3, -0.25) is 4.79 Å². The summed E-state index contributed by atoms with van der Waals surface area (Å²) in [5.41, 5.74) is 2.63. The molecule has 0 aliphatic carbocycles. The summed E-state index contributed by atoms with van der Waals surface area (Å²) in [6.07, 6.45) is 0. The smallest absolute Gasteiger partial charge is 0.181 e. The van der Waals surface area contributed by atoms with Crippen LogP contribution in [0.25, 0.3) is 0 Å². The van der Waals surface area contributed by atoms with Gasteiger partial charge < -0.3 is 4.74 Å². The molecule has 1 aromatic rings. The molecule has 0 fully saturated rings. The predicted octanol–water partition coefficient (Wildman–Crippen LogP) is 3.76. The van der Waals surface area contributed by atoms with Gasteiger partial charge in [-0.1, -0.05) is 19.9 Å². The van der Waals surface area contributed by atoms with Gasteiger partial charge >= 0.3 is 0 Å². The largest absolute Gasteiger partial charge is 0.492 e. The third-order valence-corrected chi connectivity index (χ3v) is 2.64. The molecule has 0 aliphatic rings. The lowest BCUT2D eigenvalue weighted by Gasteiger charge is -2.15. The van der Waals surface area contributed by atoms with E-state index in [0.717, 1.165) is 11.1 Å². The second kappa shape index (κ2) is 6.06. The lowest BCUT2D eigenvalue weighted by molar-refractivity contribution is 0.101. The van der Waals surface area contributed by atoms with Crippen LogP contribution in [0.5, 0.6) is 5.75 Å². The first-order valence-electron chi connectivity index (χ1n) is 5.79.